The average molecular weight is 396 g/mol. The van der Waals surface area contributed by atoms with Gasteiger partial charge < -0.3 is 5.32 Å². The predicted molar refractivity (Wildman–Crippen MR) is 115 cm³/mol. The largest absolute Gasteiger partial charge is 0.352 e. The molecule has 0 radical (unpaired) electrons. The van der Waals surface area contributed by atoms with Crippen LogP contribution in [0.1, 0.15) is 27.9 Å². The number of amides is 1. The Morgan fingerprint density at radius 1 is 0.852 bits per heavy atom. The highest BCUT2D eigenvalue weighted by molar-refractivity contribution is 7.98. The van der Waals surface area contributed by atoms with Crippen molar-refractivity contribution in [1.82, 2.24) is 5.32 Å². The van der Waals surface area contributed by atoms with Crippen LogP contribution in [0.15, 0.2) is 83.8 Å². The molecule has 3 aromatic rings. The zero-order valence-electron chi connectivity index (χ0n) is 15.0. The third-order valence-corrected chi connectivity index (χ3v) is 5.54. The molecule has 0 aliphatic carbocycles. The summed E-state index contributed by atoms with van der Waals surface area (Å²) in [4.78, 5) is 13.5. The number of rotatable bonds is 8. The topological polar surface area (TPSA) is 29.1 Å². The van der Waals surface area contributed by atoms with Gasteiger partial charge in [-0.15, -0.1) is 11.8 Å². The summed E-state index contributed by atoms with van der Waals surface area (Å²) >= 11 is 7.68. The molecule has 1 N–H and O–H groups in total. The van der Waals surface area contributed by atoms with E-state index in [2.05, 4.69) is 17.4 Å². The summed E-state index contributed by atoms with van der Waals surface area (Å²) in [7, 11) is 0. The minimum Gasteiger partial charge on any atom is -0.352 e. The van der Waals surface area contributed by atoms with Gasteiger partial charge in [-0.3, -0.25) is 4.79 Å². The monoisotopic (exact) mass is 395 g/mol. The van der Waals surface area contributed by atoms with Gasteiger partial charge in [0, 0.05) is 27.8 Å². The fraction of sp³-hybridized carbons (Fsp3) is 0.174. The molecule has 0 aliphatic heterocycles. The van der Waals surface area contributed by atoms with Gasteiger partial charge in [-0.2, -0.15) is 0 Å². The lowest BCUT2D eigenvalue weighted by molar-refractivity contribution is 0.0953. The molecule has 0 spiro atoms. The Hall–Kier alpha value is -2.23. The van der Waals surface area contributed by atoms with E-state index >= 15 is 0 Å². The van der Waals surface area contributed by atoms with Crippen LogP contribution < -0.4 is 5.32 Å². The summed E-state index contributed by atoms with van der Waals surface area (Å²) in [6.45, 7) is 0.660. The Morgan fingerprint density at radius 2 is 1.52 bits per heavy atom. The molecule has 0 saturated carbocycles. The maximum atomic E-state index is 12.3. The van der Waals surface area contributed by atoms with Crippen molar-refractivity contribution in [3.8, 4) is 0 Å². The molecule has 0 saturated heterocycles. The van der Waals surface area contributed by atoms with Crippen LogP contribution in [0.2, 0.25) is 5.02 Å². The molecule has 0 heterocycles. The highest BCUT2D eigenvalue weighted by Gasteiger charge is 2.05. The minimum absolute atomic E-state index is 0.0200. The molecule has 2 nitrogen and oxygen atoms in total. The number of thioether (sulfide) groups is 1. The van der Waals surface area contributed by atoms with E-state index in [0.717, 1.165) is 23.6 Å². The SMILES string of the molecule is O=C(NCCCc1ccc(Cl)cc1)c1ccc(CSc2ccccc2)cc1. The van der Waals surface area contributed by atoms with Gasteiger partial charge in [0.25, 0.3) is 5.91 Å². The number of halogens is 1. The van der Waals surface area contributed by atoms with Crippen molar-refractivity contribution in [2.45, 2.75) is 23.5 Å². The van der Waals surface area contributed by atoms with Crippen molar-refractivity contribution >= 4 is 29.3 Å². The molecule has 138 valence electrons. The first-order valence-electron chi connectivity index (χ1n) is 9.00. The number of carbonyl (C=O) groups is 1. The van der Waals surface area contributed by atoms with E-state index in [9.17, 15) is 4.79 Å². The first-order valence-corrected chi connectivity index (χ1v) is 10.4. The summed E-state index contributed by atoms with van der Waals surface area (Å²) in [5.74, 6) is 0.876. The summed E-state index contributed by atoms with van der Waals surface area (Å²) in [5.41, 5.74) is 3.15. The number of nitrogens with one attached hydrogen (secondary N) is 1. The molecule has 1 amide bonds. The fourth-order valence-corrected chi connectivity index (χ4v) is 3.68. The van der Waals surface area contributed by atoms with Crippen LogP contribution in [0.25, 0.3) is 0 Å². The van der Waals surface area contributed by atoms with Gasteiger partial charge in [0.1, 0.15) is 0 Å². The zero-order chi connectivity index (χ0) is 18.9. The van der Waals surface area contributed by atoms with Crippen LogP contribution in [-0.2, 0) is 12.2 Å². The quantitative estimate of drug-likeness (QED) is 0.374. The molecule has 3 aromatic carbocycles. The Kier molecular flexibility index (Phi) is 7.37. The van der Waals surface area contributed by atoms with Gasteiger partial charge in [-0.05, 0) is 60.4 Å². The normalized spacial score (nSPS) is 10.6. The second-order valence-corrected chi connectivity index (χ2v) is 7.77. The Balaban J connectivity index is 1.41. The Morgan fingerprint density at radius 3 is 2.22 bits per heavy atom. The molecule has 0 atom stereocenters. The van der Waals surface area contributed by atoms with Gasteiger partial charge in [0.15, 0.2) is 0 Å². The van der Waals surface area contributed by atoms with Gasteiger partial charge in [0.05, 0.1) is 0 Å². The molecule has 0 unspecified atom stereocenters. The van der Waals surface area contributed by atoms with Crippen LogP contribution in [0.3, 0.4) is 0 Å². The van der Waals surface area contributed by atoms with E-state index in [1.165, 1.54) is 16.0 Å². The van der Waals surface area contributed by atoms with E-state index in [4.69, 9.17) is 11.6 Å². The number of carbonyl (C=O) groups excluding carboxylic acids is 1. The van der Waals surface area contributed by atoms with Gasteiger partial charge in [0.2, 0.25) is 0 Å². The third kappa shape index (κ3) is 6.46. The lowest BCUT2D eigenvalue weighted by atomic mass is 10.1. The third-order valence-electron chi connectivity index (χ3n) is 4.21. The molecule has 0 fully saturated rings. The van der Waals surface area contributed by atoms with Crippen LogP contribution in [0, 0.1) is 0 Å². The summed E-state index contributed by atoms with van der Waals surface area (Å²) in [5, 5.41) is 3.74. The van der Waals surface area contributed by atoms with E-state index in [1.54, 1.807) is 11.8 Å². The number of benzene rings is 3. The Labute approximate surface area is 170 Å². The van der Waals surface area contributed by atoms with Crippen molar-refractivity contribution in [3.05, 3.63) is 101 Å². The number of aryl methyl sites for hydroxylation is 1. The lowest BCUT2D eigenvalue weighted by Crippen LogP contribution is -2.24. The van der Waals surface area contributed by atoms with E-state index in [0.29, 0.717) is 12.1 Å². The highest BCUT2D eigenvalue weighted by atomic mass is 35.5. The van der Waals surface area contributed by atoms with Crippen LogP contribution >= 0.6 is 23.4 Å². The van der Waals surface area contributed by atoms with Crippen molar-refractivity contribution in [1.29, 1.82) is 0 Å². The van der Waals surface area contributed by atoms with E-state index < -0.39 is 0 Å². The molecule has 3 rings (SSSR count). The Bertz CT molecular complexity index is 848. The van der Waals surface area contributed by atoms with E-state index in [-0.39, 0.29) is 5.91 Å². The molecule has 4 heteroatoms. The molecular weight excluding hydrogens is 374 g/mol. The van der Waals surface area contributed by atoms with Crippen LogP contribution in [-0.4, -0.2) is 12.5 Å². The molecule has 0 aromatic heterocycles. The second kappa shape index (κ2) is 10.2. The maximum absolute atomic E-state index is 12.3. The van der Waals surface area contributed by atoms with Gasteiger partial charge in [-0.1, -0.05) is 54.1 Å². The summed E-state index contributed by atoms with van der Waals surface area (Å²) in [6.07, 6.45) is 1.83. The van der Waals surface area contributed by atoms with Gasteiger partial charge in [-0.25, -0.2) is 0 Å². The average Bonchev–Trinajstić information content (AvgIpc) is 2.72. The second-order valence-electron chi connectivity index (χ2n) is 6.28. The smallest absolute Gasteiger partial charge is 0.251 e. The van der Waals surface area contributed by atoms with Crippen molar-refractivity contribution in [2.24, 2.45) is 0 Å². The first kappa shape index (κ1) is 19.5. The molecule has 0 aliphatic rings. The fourth-order valence-electron chi connectivity index (χ4n) is 2.68. The summed E-state index contributed by atoms with van der Waals surface area (Å²) < 4.78 is 0. The van der Waals surface area contributed by atoms with Crippen molar-refractivity contribution in [2.75, 3.05) is 6.54 Å². The van der Waals surface area contributed by atoms with E-state index in [1.807, 2.05) is 66.7 Å². The van der Waals surface area contributed by atoms with Crippen LogP contribution in [0.4, 0.5) is 0 Å². The minimum atomic E-state index is -0.0200. The number of hydrogen-bond donors (Lipinski definition) is 1. The molecular formula is C23H22ClNOS. The van der Waals surface area contributed by atoms with Crippen molar-refractivity contribution in [3.63, 3.8) is 0 Å². The number of hydrogen-bond acceptors (Lipinski definition) is 2. The zero-order valence-corrected chi connectivity index (χ0v) is 16.6. The standard InChI is InChI=1S/C23H22ClNOS/c24-21-14-10-18(11-15-21)5-4-16-25-23(26)20-12-8-19(9-13-20)17-27-22-6-2-1-3-7-22/h1-3,6-15H,4-5,16-17H2,(H,25,26). The first-order chi connectivity index (χ1) is 13.2. The summed E-state index contributed by atoms with van der Waals surface area (Å²) in [6, 6.07) is 26.0. The van der Waals surface area contributed by atoms with Gasteiger partial charge >= 0.3 is 0 Å². The lowest BCUT2D eigenvalue weighted by Gasteiger charge is -2.07. The van der Waals surface area contributed by atoms with Crippen molar-refractivity contribution < 1.29 is 4.79 Å². The maximum Gasteiger partial charge on any atom is 0.251 e. The van der Waals surface area contributed by atoms with Crippen LogP contribution in [0.5, 0.6) is 0 Å². The molecule has 27 heavy (non-hydrogen) atoms. The highest BCUT2D eigenvalue weighted by Crippen LogP contribution is 2.22. The predicted octanol–water partition coefficient (Wildman–Crippen LogP) is 5.99. The molecule has 0 bridgehead atoms.